The molecule has 2 atom stereocenters. The van der Waals surface area contributed by atoms with Gasteiger partial charge in [-0.2, -0.15) is 0 Å². The number of fused-ring (bicyclic) bond motifs is 3. The van der Waals surface area contributed by atoms with Crippen LogP contribution < -0.4 is 4.74 Å². The average molecular weight is 442 g/mol. The van der Waals surface area contributed by atoms with E-state index in [0.717, 1.165) is 37.4 Å². The standard InChI is InChI=1S/C26H39N3O3/c1-5-27(6-2)25(30)16-21-13-14-28-17-22(21)11-9-15-32-24-12-8-7-10-23(24)18-29(20(3)4)19-26(28)31/h7-12,20-22H,5-6,13-19H2,1-4H3/b11-9+/t21-,22-/m0/s1. The molecule has 0 aliphatic carbocycles. The number of ether oxygens (including phenoxy) is 1. The predicted octanol–water partition coefficient (Wildman–Crippen LogP) is 3.57. The van der Waals surface area contributed by atoms with Crippen molar-refractivity contribution in [3.05, 3.63) is 42.0 Å². The first-order valence-corrected chi connectivity index (χ1v) is 12.1. The molecule has 0 saturated carbocycles. The van der Waals surface area contributed by atoms with Gasteiger partial charge in [-0.25, -0.2) is 0 Å². The summed E-state index contributed by atoms with van der Waals surface area (Å²) in [6.45, 7) is 12.7. The monoisotopic (exact) mass is 441 g/mol. The molecule has 0 unspecified atom stereocenters. The molecule has 0 radical (unpaired) electrons. The second-order valence-corrected chi connectivity index (χ2v) is 9.17. The molecule has 6 heteroatoms. The van der Waals surface area contributed by atoms with Gasteiger partial charge in [0.15, 0.2) is 0 Å². The van der Waals surface area contributed by atoms with E-state index in [-0.39, 0.29) is 29.7 Å². The lowest BCUT2D eigenvalue weighted by Gasteiger charge is -2.39. The van der Waals surface area contributed by atoms with E-state index in [0.29, 0.717) is 32.7 Å². The molecule has 2 aliphatic rings. The topological polar surface area (TPSA) is 53.1 Å². The quantitative estimate of drug-likeness (QED) is 0.656. The second kappa shape index (κ2) is 11.5. The maximum atomic E-state index is 13.2. The Balaban J connectivity index is 1.82. The largest absolute Gasteiger partial charge is 0.489 e. The van der Waals surface area contributed by atoms with Crippen LogP contribution >= 0.6 is 0 Å². The van der Waals surface area contributed by atoms with Gasteiger partial charge in [0.1, 0.15) is 12.4 Å². The zero-order chi connectivity index (χ0) is 23.1. The van der Waals surface area contributed by atoms with Gasteiger partial charge in [0.05, 0.1) is 6.54 Å². The van der Waals surface area contributed by atoms with Crippen LogP contribution in [0, 0.1) is 11.8 Å². The van der Waals surface area contributed by atoms with Crippen LogP contribution in [0.25, 0.3) is 0 Å². The predicted molar refractivity (Wildman–Crippen MR) is 127 cm³/mol. The van der Waals surface area contributed by atoms with Crippen LogP contribution in [0.15, 0.2) is 36.4 Å². The lowest BCUT2D eigenvalue weighted by molar-refractivity contribution is -0.136. The number of para-hydroxylation sites is 1. The molecule has 0 N–H and O–H groups in total. The van der Waals surface area contributed by atoms with Crippen molar-refractivity contribution in [1.29, 1.82) is 0 Å². The minimum absolute atomic E-state index is 0.166. The summed E-state index contributed by atoms with van der Waals surface area (Å²) in [4.78, 5) is 32.1. The van der Waals surface area contributed by atoms with E-state index in [4.69, 9.17) is 4.74 Å². The Hall–Kier alpha value is -2.34. The number of nitrogens with zero attached hydrogens (tertiary/aromatic N) is 3. The van der Waals surface area contributed by atoms with E-state index in [1.807, 2.05) is 41.8 Å². The summed E-state index contributed by atoms with van der Waals surface area (Å²) in [7, 11) is 0. The first-order valence-electron chi connectivity index (χ1n) is 12.1. The molecule has 1 fully saturated rings. The van der Waals surface area contributed by atoms with Crippen LogP contribution in [-0.4, -0.2) is 71.9 Å². The highest BCUT2D eigenvalue weighted by Crippen LogP contribution is 2.29. The van der Waals surface area contributed by atoms with E-state index in [1.54, 1.807) is 0 Å². The molecular formula is C26H39N3O3. The Labute approximate surface area is 193 Å². The molecule has 2 amide bonds. The van der Waals surface area contributed by atoms with Crippen molar-refractivity contribution in [3.63, 3.8) is 0 Å². The van der Waals surface area contributed by atoms with E-state index >= 15 is 0 Å². The number of carbonyl (C=O) groups excluding carboxylic acids is 2. The highest BCUT2D eigenvalue weighted by atomic mass is 16.5. The van der Waals surface area contributed by atoms with Crippen molar-refractivity contribution >= 4 is 11.8 Å². The zero-order valence-electron chi connectivity index (χ0n) is 20.1. The molecule has 2 aliphatic heterocycles. The third-order valence-electron chi connectivity index (χ3n) is 6.85. The van der Waals surface area contributed by atoms with Crippen molar-refractivity contribution < 1.29 is 14.3 Å². The molecule has 1 aromatic rings. The first-order chi connectivity index (χ1) is 15.4. The molecule has 1 aromatic carbocycles. The third-order valence-corrected chi connectivity index (χ3v) is 6.85. The molecule has 32 heavy (non-hydrogen) atoms. The normalized spacial score (nSPS) is 23.4. The Morgan fingerprint density at radius 2 is 1.94 bits per heavy atom. The Morgan fingerprint density at radius 1 is 1.19 bits per heavy atom. The number of rotatable bonds is 5. The third kappa shape index (κ3) is 6.12. The second-order valence-electron chi connectivity index (χ2n) is 9.17. The first kappa shape index (κ1) is 24.3. The molecule has 2 bridgehead atoms. The summed E-state index contributed by atoms with van der Waals surface area (Å²) in [5, 5.41) is 0. The Kier molecular flexibility index (Phi) is 8.74. The molecule has 6 nitrogen and oxygen atoms in total. The summed E-state index contributed by atoms with van der Waals surface area (Å²) in [5.74, 6) is 1.67. The van der Waals surface area contributed by atoms with Gasteiger partial charge in [0.25, 0.3) is 0 Å². The minimum Gasteiger partial charge on any atom is -0.489 e. The zero-order valence-corrected chi connectivity index (χ0v) is 20.1. The Bertz CT molecular complexity index is 803. The lowest BCUT2D eigenvalue weighted by atomic mass is 9.82. The average Bonchev–Trinajstić information content (AvgIpc) is 2.79. The van der Waals surface area contributed by atoms with Crippen LogP contribution in [0.4, 0.5) is 0 Å². The van der Waals surface area contributed by atoms with Crippen molar-refractivity contribution in [1.82, 2.24) is 14.7 Å². The number of hydrogen-bond acceptors (Lipinski definition) is 4. The van der Waals surface area contributed by atoms with Crippen LogP contribution in [0.2, 0.25) is 0 Å². The van der Waals surface area contributed by atoms with Crippen LogP contribution in [-0.2, 0) is 16.1 Å². The fourth-order valence-electron chi connectivity index (χ4n) is 4.72. The van der Waals surface area contributed by atoms with Gasteiger partial charge in [-0.05, 0) is 52.0 Å². The highest BCUT2D eigenvalue weighted by molar-refractivity contribution is 5.79. The van der Waals surface area contributed by atoms with Crippen molar-refractivity contribution in [2.75, 3.05) is 39.3 Å². The fraction of sp³-hybridized carbons (Fsp3) is 0.615. The van der Waals surface area contributed by atoms with E-state index < -0.39 is 0 Å². The summed E-state index contributed by atoms with van der Waals surface area (Å²) in [6.07, 6.45) is 5.62. The maximum absolute atomic E-state index is 13.2. The van der Waals surface area contributed by atoms with Gasteiger partial charge in [-0.3, -0.25) is 14.5 Å². The van der Waals surface area contributed by atoms with E-state index in [9.17, 15) is 9.59 Å². The molecule has 1 saturated heterocycles. The molecule has 3 rings (SSSR count). The molecule has 0 aromatic heterocycles. The Morgan fingerprint density at radius 3 is 2.66 bits per heavy atom. The van der Waals surface area contributed by atoms with E-state index in [2.05, 4.69) is 37.0 Å². The summed E-state index contributed by atoms with van der Waals surface area (Å²) in [5.41, 5.74) is 1.10. The van der Waals surface area contributed by atoms with Gasteiger partial charge in [0.2, 0.25) is 11.8 Å². The molecule has 176 valence electrons. The van der Waals surface area contributed by atoms with Crippen molar-refractivity contribution in [2.45, 2.75) is 53.1 Å². The van der Waals surface area contributed by atoms with Gasteiger partial charge >= 0.3 is 0 Å². The van der Waals surface area contributed by atoms with Crippen LogP contribution in [0.5, 0.6) is 5.75 Å². The smallest absolute Gasteiger partial charge is 0.236 e. The van der Waals surface area contributed by atoms with Gasteiger partial charge in [-0.1, -0.05) is 30.4 Å². The number of amides is 2. The number of piperidine rings is 1. The molecule has 2 heterocycles. The molecular weight excluding hydrogens is 402 g/mol. The highest BCUT2D eigenvalue weighted by Gasteiger charge is 2.33. The minimum atomic E-state index is 0.166. The van der Waals surface area contributed by atoms with Crippen molar-refractivity contribution in [3.8, 4) is 5.75 Å². The molecule has 0 spiro atoms. The number of hydrogen-bond donors (Lipinski definition) is 0. The van der Waals surface area contributed by atoms with Gasteiger partial charge in [0, 0.05) is 50.7 Å². The van der Waals surface area contributed by atoms with Gasteiger partial charge in [-0.15, -0.1) is 0 Å². The summed E-state index contributed by atoms with van der Waals surface area (Å²) < 4.78 is 6.10. The number of carbonyl (C=O) groups is 2. The summed E-state index contributed by atoms with van der Waals surface area (Å²) >= 11 is 0. The fourth-order valence-corrected chi connectivity index (χ4v) is 4.72. The van der Waals surface area contributed by atoms with Crippen LogP contribution in [0.3, 0.4) is 0 Å². The number of benzene rings is 1. The lowest BCUT2D eigenvalue weighted by Crippen LogP contribution is -2.48. The van der Waals surface area contributed by atoms with Crippen molar-refractivity contribution in [2.24, 2.45) is 11.8 Å². The van der Waals surface area contributed by atoms with Gasteiger partial charge < -0.3 is 14.5 Å². The van der Waals surface area contributed by atoms with Crippen LogP contribution in [0.1, 0.15) is 46.1 Å². The SMILES string of the molecule is CCN(CC)C(=O)C[C@@H]1CCN2C[C@@H]1/C=C/COc1ccccc1CN(C(C)C)CC2=O. The summed E-state index contributed by atoms with van der Waals surface area (Å²) in [6, 6.07) is 8.32. The van der Waals surface area contributed by atoms with E-state index in [1.165, 1.54) is 0 Å². The maximum Gasteiger partial charge on any atom is 0.236 e.